The highest BCUT2D eigenvalue weighted by molar-refractivity contribution is 4.96. The third-order valence-electron chi connectivity index (χ3n) is 2.53. The Balaban J connectivity index is 2.36. The molecule has 0 aromatic heterocycles. The molecule has 0 aromatic rings. The third kappa shape index (κ3) is 3.54. The third-order valence-corrected chi connectivity index (χ3v) is 2.53. The standard InChI is InChI=1S/C9H13F3N2/c10-9(11,12)6-14-8(5-13)7-3-1-2-4-7/h7-8,14H,1-4,6H2. The molecule has 1 aliphatic rings. The highest BCUT2D eigenvalue weighted by Crippen LogP contribution is 2.27. The molecule has 0 aromatic carbocycles. The number of nitriles is 1. The summed E-state index contributed by atoms with van der Waals surface area (Å²) < 4.78 is 35.6. The van der Waals surface area contributed by atoms with Crippen molar-refractivity contribution in [2.45, 2.75) is 37.9 Å². The molecule has 0 saturated heterocycles. The Morgan fingerprint density at radius 2 is 1.93 bits per heavy atom. The Morgan fingerprint density at radius 1 is 1.36 bits per heavy atom. The van der Waals surface area contributed by atoms with Crippen LogP contribution in [0.3, 0.4) is 0 Å². The summed E-state index contributed by atoms with van der Waals surface area (Å²) in [5.41, 5.74) is 0. The van der Waals surface area contributed by atoms with E-state index in [1.54, 1.807) is 0 Å². The van der Waals surface area contributed by atoms with Crippen molar-refractivity contribution in [3.8, 4) is 6.07 Å². The zero-order valence-electron chi connectivity index (χ0n) is 7.77. The van der Waals surface area contributed by atoms with Crippen LogP contribution in [0.4, 0.5) is 13.2 Å². The largest absolute Gasteiger partial charge is 0.401 e. The number of nitrogens with one attached hydrogen (secondary N) is 1. The van der Waals surface area contributed by atoms with Crippen molar-refractivity contribution in [1.29, 1.82) is 5.26 Å². The van der Waals surface area contributed by atoms with Gasteiger partial charge in [0.25, 0.3) is 0 Å². The first-order valence-electron chi connectivity index (χ1n) is 4.72. The highest BCUT2D eigenvalue weighted by atomic mass is 19.4. The Morgan fingerprint density at radius 3 is 2.36 bits per heavy atom. The fourth-order valence-corrected chi connectivity index (χ4v) is 1.83. The molecule has 0 spiro atoms. The van der Waals surface area contributed by atoms with Crippen molar-refractivity contribution in [3.05, 3.63) is 0 Å². The normalized spacial score (nSPS) is 20.7. The fraction of sp³-hybridized carbons (Fsp3) is 0.889. The zero-order chi connectivity index (χ0) is 10.6. The van der Waals surface area contributed by atoms with Crippen LogP contribution in [0.1, 0.15) is 25.7 Å². The van der Waals surface area contributed by atoms with Crippen molar-refractivity contribution < 1.29 is 13.2 Å². The quantitative estimate of drug-likeness (QED) is 0.768. The van der Waals surface area contributed by atoms with E-state index in [4.69, 9.17) is 5.26 Å². The summed E-state index contributed by atoms with van der Waals surface area (Å²) in [6.07, 6.45) is -0.451. The highest BCUT2D eigenvalue weighted by Gasteiger charge is 2.31. The smallest absolute Gasteiger partial charge is 0.293 e. The molecule has 80 valence electrons. The Labute approximate surface area is 81.1 Å². The van der Waals surface area contributed by atoms with Crippen LogP contribution in [0.2, 0.25) is 0 Å². The van der Waals surface area contributed by atoms with Gasteiger partial charge in [0, 0.05) is 0 Å². The summed E-state index contributed by atoms with van der Waals surface area (Å²) in [7, 11) is 0. The molecule has 1 aliphatic carbocycles. The SMILES string of the molecule is N#CC(NCC(F)(F)F)C1CCCC1. The van der Waals surface area contributed by atoms with Gasteiger partial charge in [0.05, 0.1) is 18.7 Å². The summed E-state index contributed by atoms with van der Waals surface area (Å²) in [6.45, 7) is -1.07. The van der Waals surface area contributed by atoms with E-state index in [0.29, 0.717) is 0 Å². The number of alkyl halides is 3. The van der Waals surface area contributed by atoms with Gasteiger partial charge in [0.2, 0.25) is 0 Å². The predicted molar refractivity (Wildman–Crippen MR) is 45.4 cm³/mol. The summed E-state index contributed by atoms with van der Waals surface area (Å²) >= 11 is 0. The molecule has 2 nitrogen and oxygen atoms in total. The van der Waals surface area contributed by atoms with Crippen molar-refractivity contribution in [2.75, 3.05) is 6.54 Å². The van der Waals surface area contributed by atoms with Crippen molar-refractivity contribution >= 4 is 0 Å². The Bertz CT molecular complexity index is 213. The topological polar surface area (TPSA) is 35.8 Å². The molecule has 14 heavy (non-hydrogen) atoms. The first-order chi connectivity index (χ1) is 6.53. The lowest BCUT2D eigenvalue weighted by Gasteiger charge is -2.18. The lowest BCUT2D eigenvalue weighted by molar-refractivity contribution is -0.126. The molecule has 0 aliphatic heterocycles. The lowest BCUT2D eigenvalue weighted by atomic mass is 9.99. The first-order valence-corrected chi connectivity index (χ1v) is 4.72. The van der Waals surface area contributed by atoms with Gasteiger partial charge in [-0.05, 0) is 18.8 Å². The maximum absolute atomic E-state index is 11.9. The summed E-state index contributed by atoms with van der Waals surface area (Å²) in [6, 6.07) is 1.27. The minimum atomic E-state index is -4.23. The Hall–Kier alpha value is -0.760. The van der Waals surface area contributed by atoms with Crippen LogP contribution in [0.5, 0.6) is 0 Å². The molecule has 0 heterocycles. The maximum atomic E-state index is 11.9. The number of halogens is 3. The van der Waals surface area contributed by atoms with Crippen LogP contribution in [-0.2, 0) is 0 Å². The average molecular weight is 206 g/mol. The Kier molecular flexibility index (Phi) is 3.76. The molecular formula is C9H13F3N2. The second-order valence-corrected chi connectivity index (χ2v) is 3.65. The number of hydrogen-bond acceptors (Lipinski definition) is 2. The molecule has 0 amide bonds. The average Bonchev–Trinajstić information content (AvgIpc) is 2.56. The van der Waals surface area contributed by atoms with E-state index in [1.165, 1.54) is 0 Å². The van der Waals surface area contributed by atoms with Crippen molar-refractivity contribution in [3.63, 3.8) is 0 Å². The van der Waals surface area contributed by atoms with Crippen LogP contribution in [-0.4, -0.2) is 18.8 Å². The van der Waals surface area contributed by atoms with Crippen LogP contribution in [0.25, 0.3) is 0 Å². The van der Waals surface area contributed by atoms with E-state index in [2.05, 4.69) is 5.32 Å². The van der Waals surface area contributed by atoms with Crippen LogP contribution in [0.15, 0.2) is 0 Å². The molecule has 5 heteroatoms. The monoisotopic (exact) mass is 206 g/mol. The van der Waals surface area contributed by atoms with Gasteiger partial charge < -0.3 is 0 Å². The lowest BCUT2D eigenvalue weighted by Crippen LogP contribution is -2.40. The molecular weight excluding hydrogens is 193 g/mol. The zero-order valence-corrected chi connectivity index (χ0v) is 7.77. The van der Waals surface area contributed by atoms with E-state index in [0.717, 1.165) is 25.7 Å². The number of nitrogens with zero attached hydrogens (tertiary/aromatic N) is 1. The molecule has 0 radical (unpaired) electrons. The minimum Gasteiger partial charge on any atom is -0.293 e. The second kappa shape index (κ2) is 4.65. The van der Waals surface area contributed by atoms with Crippen molar-refractivity contribution in [2.24, 2.45) is 5.92 Å². The van der Waals surface area contributed by atoms with E-state index in [1.807, 2.05) is 6.07 Å². The fourth-order valence-electron chi connectivity index (χ4n) is 1.83. The van der Waals surface area contributed by atoms with Gasteiger partial charge in [0.1, 0.15) is 0 Å². The molecule has 1 N–H and O–H groups in total. The predicted octanol–water partition coefficient (Wildman–Crippen LogP) is 2.22. The molecule has 1 unspecified atom stereocenters. The van der Waals surface area contributed by atoms with E-state index < -0.39 is 18.8 Å². The van der Waals surface area contributed by atoms with Gasteiger partial charge in [-0.3, -0.25) is 5.32 Å². The molecule has 1 fully saturated rings. The molecule has 1 saturated carbocycles. The molecule has 0 bridgehead atoms. The number of rotatable bonds is 3. The van der Waals surface area contributed by atoms with E-state index in [-0.39, 0.29) is 5.92 Å². The number of hydrogen-bond donors (Lipinski definition) is 1. The van der Waals surface area contributed by atoms with Gasteiger partial charge in [-0.2, -0.15) is 18.4 Å². The summed E-state index contributed by atoms with van der Waals surface area (Å²) in [5, 5.41) is 11.0. The molecule has 1 rings (SSSR count). The van der Waals surface area contributed by atoms with Gasteiger partial charge in [0.15, 0.2) is 0 Å². The first kappa shape index (κ1) is 11.3. The van der Waals surface area contributed by atoms with Gasteiger partial charge in [-0.1, -0.05) is 12.8 Å². The van der Waals surface area contributed by atoms with Crippen molar-refractivity contribution in [1.82, 2.24) is 5.32 Å². The van der Waals surface area contributed by atoms with E-state index in [9.17, 15) is 13.2 Å². The van der Waals surface area contributed by atoms with Gasteiger partial charge in [-0.15, -0.1) is 0 Å². The second-order valence-electron chi connectivity index (χ2n) is 3.65. The minimum absolute atomic E-state index is 0.0994. The van der Waals surface area contributed by atoms with Crippen LogP contribution in [0, 0.1) is 17.2 Å². The van der Waals surface area contributed by atoms with Gasteiger partial charge >= 0.3 is 6.18 Å². The van der Waals surface area contributed by atoms with E-state index >= 15 is 0 Å². The van der Waals surface area contributed by atoms with Crippen LogP contribution < -0.4 is 5.32 Å². The summed E-state index contributed by atoms with van der Waals surface area (Å²) in [4.78, 5) is 0. The molecule has 1 atom stereocenters. The van der Waals surface area contributed by atoms with Gasteiger partial charge in [-0.25, -0.2) is 0 Å². The maximum Gasteiger partial charge on any atom is 0.401 e. The van der Waals surface area contributed by atoms with Crippen LogP contribution >= 0.6 is 0 Å². The summed E-state index contributed by atoms with van der Waals surface area (Å²) in [5.74, 6) is 0.0994.